The molecular formula is C19H33Cl3N2O5Si. The molecule has 1 aliphatic rings. The van der Waals surface area contributed by atoms with Crippen LogP contribution in [0.25, 0.3) is 0 Å². The molecule has 0 saturated carbocycles. The molecule has 1 atom stereocenters. The van der Waals surface area contributed by atoms with Crippen LogP contribution in [0.15, 0.2) is 12.2 Å². The van der Waals surface area contributed by atoms with Gasteiger partial charge in [0.15, 0.2) is 8.32 Å². The van der Waals surface area contributed by atoms with Crippen LogP contribution in [0.1, 0.15) is 41.5 Å². The molecule has 1 rings (SSSR count). The normalized spacial score (nSPS) is 18.4. The third-order valence-electron chi connectivity index (χ3n) is 4.78. The van der Waals surface area contributed by atoms with Gasteiger partial charge in [-0.15, -0.1) is 0 Å². The van der Waals surface area contributed by atoms with Gasteiger partial charge in [-0.2, -0.15) is 0 Å². The lowest BCUT2D eigenvalue weighted by atomic mass is 10.2. The van der Waals surface area contributed by atoms with Crippen molar-refractivity contribution in [2.75, 3.05) is 19.8 Å². The molecule has 0 saturated heterocycles. The zero-order chi connectivity index (χ0) is 23.5. The minimum Gasteiger partial charge on any atom is -0.444 e. The van der Waals surface area contributed by atoms with E-state index in [1.807, 2.05) is 6.08 Å². The molecule has 0 aliphatic carbocycles. The molecule has 0 aromatic carbocycles. The number of ether oxygens (including phenoxy) is 2. The molecule has 0 radical (unpaired) electrons. The number of carbonyl (C=O) groups is 2. The Kier molecular flexibility index (Phi) is 8.99. The van der Waals surface area contributed by atoms with E-state index < -0.39 is 42.5 Å². The minimum absolute atomic E-state index is 0.00881. The van der Waals surface area contributed by atoms with Gasteiger partial charge < -0.3 is 13.9 Å². The summed E-state index contributed by atoms with van der Waals surface area (Å²) in [5.74, 6) is 0. The lowest BCUT2D eigenvalue weighted by Crippen LogP contribution is -2.59. The summed E-state index contributed by atoms with van der Waals surface area (Å²) in [6.07, 6.45) is 2.06. The van der Waals surface area contributed by atoms with Crippen molar-refractivity contribution in [2.45, 2.75) is 75.1 Å². The fraction of sp³-hybridized carbons (Fsp3) is 0.789. The topological polar surface area (TPSA) is 68.3 Å². The van der Waals surface area contributed by atoms with Crippen molar-refractivity contribution in [3.63, 3.8) is 0 Å². The van der Waals surface area contributed by atoms with E-state index in [1.54, 1.807) is 26.8 Å². The maximum atomic E-state index is 13.0. The van der Waals surface area contributed by atoms with Crippen LogP contribution in [0.5, 0.6) is 0 Å². The predicted octanol–water partition coefficient (Wildman–Crippen LogP) is 5.91. The van der Waals surface area contributed by atoms with Gasteiger partial charge in [0.25, 0.3) is 0 Å². The first-order valence-corrected chi connectivity index (χ1v) is 13.7. The van der Waals surface area contributed by atoms with E-state index in [4.69, 9.17) is 48.7 Å². The number of hydrogen-bond acceptors (Lipinski definition) is 5. The summed E-state index contributed by atoms with van der Waals surface area (Å²) in [6.45, 7) is 15.7. The number of carbonyl (C=O) groups excluding carboxylic acids is 2. The van der Waals surface area contributed by atoms with Crippen molar-refractivity contribution in [3.05, 3.63) is 12.2 Å². The van der Waals surface area contributed by atoms with Gasteiger partial charge in [-0.3, -0.25) is 0 Å². The third-order valence-corrected chi connectivity index (χ3v) is 9.61. The molecular weight excluding hydrogens is 471 g/mol. The maximum Gasteiger partial charge on any atom is 0.430 e. The smallest absolute Gasteiger partial charge is 0.430 e. The molecule has 0 unspecified atom stereocenters. The second-order valence-corrected chi connectivity index (χ2v) is 17.0. The second-order valence-electron chi connectivity index (χ2n) is 9.64. The summed E-state index contributed by atoms with van der Waals surface area (Å²) in [7, 11) is -2.09. The van der Waals surface area contributed by atoms with Crippen molar-refractivity contribution in [2.24, 2.45) is 0 Å². The lowest BCUT2D eigenvalue weighted by Gasteiger charge is -2.43. The Labute approximate surface area is 195 Å². The van der Waals surface area contributed by atoms with Crippen molar-refractivity contribution in [3.8, 4) is 0 Å². The van der Waals surface area contributed by atoms with E-state index in [1.165, 1.54) is 5.01 Å². The van der Waals surface area contributed by atoms with Crippen LogP contribution in [0.4, 0.5) is 9.59 Å². The summed E-state index contributed by atoms with van der Waals surface area (Å²) in [6, 6.07) is -0.553. The Bertz CT molecular complexity index is 654. The minimum atomic E-state index is -2.09. The SMILES string of the molecule is CC(C)(C)OC(=O)N1[C@H](CO[Si](C)(C)C(C)(C)C)C=CCN1C(=O)OCC(Cl)(Cl)Cl. The van der Waals surface area contributed by atoms with Crippen LogP contribution in [0.3, 0.4) is 0 Å². The summed E-state index contributed by atoms with van der Waals surface area (Å²) < 4.78 is 15.1. The zero-order valence-corrected chi connectivity index (χ0v) is 22.2. The van der Waals surface area contributed by atoms with Gasteiger partial charge in [0.05, 0.1) is 19.2 Å². The number of nitrogens with zero attached hydrogens (tertiary/aromatic N) is 2. The first-order valence-electron chi connectivity index (χ1n) is 9.68. The monoisotopic (exact) mass is 502 g/mol. The van der Waals surface area contributed by atoms with Crippen molar-refractivity contribution in [1.82, 2.24) is 10.0 Å². The molecule has 1 heterocycles. The Morgan fingerprint density at radius 3 is 2.10 bits per heavy atom. The molecule has 1 aliphatic heterocycles. The zero-order valence-electron chi connectivity index (χ0n) is 18.9. The molecule has 0 bridgehead atoms. The van der Waals surface area contributed by atoms with Crippen molar-refractivity contribution >= 4 is 55.3 Å². The summed E-state index contributed by atoms with van der Waals surface area (Å²) in [5.41, 5.74) is -0.754. The molecule has 0 spiro atoms. The molecule has 0 aromatic rings. The highest BCUT2D eigenvalue weighted by molar-refractivity contribution is 6.74. The Morgan fingerprint density at radius 2 is 1.63 bits per heavy atom. The summed E-state index contributed by atoms with van der Waals surface area (Å²) in [4.78, 5) is 25.6. The van der Waals surface area contributed by atoms with Gasteiger partial charge in [-0.1, -0.05) is 67.7 Å². The molecule has 11 heteroatoms. The molecule has 2 amide bonds. The average molecular weight is 504 g/mol. The molecule has 0 N–H and O–H groups in total. The number of hydrazine groups is 1. The van der Waals surface area contributed by atoms with Crippen molar-refractivity contribution in [1.29, 1.82) is 0 Å². The quantitative estimate of drug-likeness (QED) is 0.271. The first kappa shape index (κ1) is 27.4. The van der Waals surface area contributed by atoms with Crippen LogP contribution in [-0.4, -0.2) is 65.7 Å². The van der Waals surface area contributed by atoms with E-state index in [0.717, 1.165) is 5.01 Å². The predicted molar refractivity (Wildman–Crippen MR) is 122 cm³/mol. The standard InChI is InChI=1S/C19H33Cl3N2O5Si/c1-17(2,3)29-16(26)24-14(12-28-30(7,8)18(4,5)6)10-9-11-23(24)15(25)27-13-19(20,21)22/h9-10,14H,11-13H2,1-8H3/t14-/m0/s1. The van der Waals surface area contributed by atoms with Crippen molar-refractivity contribution < 1.29 is 23.5 Å². The highest BCUT2D eigenvalue weighted by Crippen LogP contribution is 2.37. The molecule has 174 valence electrons. The van der Waals surface area contributed by atoms with E-state index in [0.29, 0.717) is 0 Å². The van der Waals surface area contributed by atoms with E-state index in [9.17, 15) is 9.59 Å². The fourth-order valence-corrected chi connectivity index (χ4v) is 3.41. The van der Waals surface area contributed by atoms with E-state index in [2.05, 4.69) is 33.9 Å². The van der Waals surface area contributed by atoms with E-state index in [-0.39, 0.29) is 18.2 Å². The first-order chi connectivity index (χ1) is 13.3. The summed E-state index contributed by atoms with van der Waals surface area (Å²) in [5, 5.41) is 2.33. The fourth-order valence-electron chi connectivity index (χ4n) is 2.23. The van der Waals surface area contributed by atoms with Gasteiger partial charge in [0.2, 0.25) is 3.79 Å². The Morgan fingerprint density at radius 1 is 1.07 bits per heavy atom. The lowest BCUT2D eigenvalue weighted by molar-refractivity contribution is -0.0641. The number of hydrogen-bond donors (Lipinski definition) is 0. The number of halogens is 3. The van der Waals surface area contributed by atoms with Gasteiger partial charge in [-0.05, 0) is 38.9 Å². The molecule has 0 fully saturated rings. The van der Waals surface area contributed by atoms with Crippen LogP contribution in [0, 0.1) is 0 Å². The number of amides is 2. The highest BCUT2D eigenvalue weighted by atomic mass is 35.6. The third kappa shape index (κ3) is 8.46. The van der Waals surface area contributed by atoms with Gasteiger partial charge >= 0.3 is 12.2 Å². The number of alkyl halides is 3. The largest absolute Gasteiger partial charge is 0.444 e. The van der Waals surface area contributed by atoms with E-state index >= 15 is 0 Å². The molecule has 0 aromatic heterocycles. The maximum absolute atomic E-state index is 13.0. The highest BCUT2D eigenvalue weighted by Gasteiger charge is 2.41. The van der Waals surface area contributed by atoms with Crippen LogP contribution < -0.4 is 0 Å². The Hall–Kier alpha value is -0.673. The van der Waals surface area contributed by atoms with Crippen LogP contribution in [-0.2, 0) is 13.9 Å². The van der Waals surface area contributed by atoms with Gasteiger partial charge in [0.1, 0.15) is 12.2 Å². The molecule has 30 heavy (non-hydrogen) atoms. The molecule has 7 nitrogen and oxygen atoms in total. The second kappa shape index (κ2) is 9.86. The average Bonchev–Trinajstić information content (AvgIpc) is 2.54. The Balaban J connectivity index is 3.10. The van der Waals surface area contributed by atoms with Crippen LogP contribution >= 0.6 is 34.8 Å². The summed E-state index contributed by atoms with van der Waals surface area (Å²) >= 11 is 17.0. The number of rotatable bonds is 4. The van der Waals surface area contributed by atoms with Crippen LogP contribution in [0.2, 0.25) is 18.1 Å². The van der Waals surface area contributed by atoms with Gasteiger partial charge in [-0.25, -0.2) is 19.6 Å². The van der Waals surface area contributed by atoms with Gasteiger partial charge in [0, 0.05) is 0 Å².